The third-order valence-corrected chi connectivity index (χ3v) is 2.64. The molecule has 0 radical (unpaired) electrons. The monoisotopic (exact) mass is 235 g/mol. The van der Waals surface area contributed by atoms with Crippen LogP contribution in [0, 0.1) is 0 Å². The predicted molar refractivity (Wildman–Crippen MR) is 62.5 cm³/mol. The lowest BCUT2D eigenvalue weighted by atomic mass is 10.1. The second-order valence-electron chi connectivity index (χ2n) is 3.41. The maximum absolute atomic E-state index is 12.0. The lowest BCUT2D eigenvalue weighted by Crippen LogP contribution is -2.08. The molecule has 5 heteroatoms. The van der Waals surface area contributed by atoms with E-state index in [0.717, 1.165) is 0 Å². The van der Waals surface area contributed by atoms with E-state index >= 15 is 0 Å². The van der Waals surface area contributed by atoms with E-state index in [2.05, 4.69) is 5.10 Å². The molecule has 0 aliphatic heterocycles. The molecule has 1 aromatic carbocycles. The summed E-state index contributed by atoms with van der Waals surface area (Å²) in [4.78, 5) is 12.0. The van der Waals surface area contributed by atoms with Crippen molar-refractivity contribution in [1.82, 2.24) is 9.78 Å². The van der Waals surface area contributed by atoms with Crippen molar-refractivity contribution in [2.75, 3.05) is 5.73 Å². The van der Waals surface area contributed by atoms with Crippen molar-refractivity contribution >= 4 is 23.1 Å². The molecule has 1 aromatic heterocycles. The van der Waals surface area contributed by atoms with Gasteiger partial charge in [-0.3, -0.25) is 9.48 Å². The molecule has 1 heterocycles. The molecule has 0 amide bonds. The minimum Gasteiger partial charge on any atom is -0.398 e. The van der Waals surface area contributed by atoms with Gasteiger partial charge in [-0.25, -0.2) is 0 Å². The minimum atomic E-state index is -0.123. The molecule has 0 saturated carbocycles. The Morgan fingerprint density at radius 1 is 1.44 bits per heavy atom. The molecule has 2 rings (SSSR count). The summed E-state index contributed by atoms with van der Waals surface area (Å²) in [6, 6.07) is 6.49. The molecule has 2 aromatic rings. The molecule has 0 fully saturated rings. The van der Waals surface area contributed by atoms with Gasteiger partial charge in [0, 0.05) is 18.8 Å². The largest absolute Gasteiger partial charge is 0.398 e. The second-order valence-corrected chi connectivity index (χ2v) is 3.81. The molecule has 16 heavy (non-hydrogen) atoms. The van der Waals surface area contributed by atoms with Crippen LogP contribution in [0.5, 0.6) is 0 Å². The fourth-order valence-corrected chi connectivity index (χ4v) is 1.59. The third-order valence-electron chi connectivity index (χ3n) is 2.32. The number of aryl methyl sites for hydroxylation is 1. The van der Waals surface area contributed by atoms with Crippen molar-refractivity contribution in [1.29, 1.82) is 0 Å². The Labute approximate surface area is 97.6 Å². The van der Waals surface area contributed by atoms with Crippen LogP contribution in [-0.2, 0) is 7.05 Å². The Hall–Kier alpha value is -1.81. The Balaban J connectivity index is 2.42. The molecule has 0 bridgehead atoms. The van der Waals surface area contributed by atoms with Crippen LogP contribution in [0.25, 0.3) is 0 Å². The number of anilines is 1. The average molecular weight is 236 g/mol. The van der Waals surface area contributed by atoms with E-state index in [1.807, 2.05) is 0 Å². The topological polar surface area (TPSA) is 60.9 Å². The van der Waals surface area contributed by atoms with Crippen molar-refractivity contribution in [2.24, 2.45) is 7.05 Å². The lowest BCUT2D eigenvalue weighted by molar-refractivity contribution is 0.103. The number of nitrogens with two attached hydrogens (primary N) is 1. The van der Waals surface area contributed by atoms with Crippen LogP contribution in [0.3, 0.4) is 0 Å². The quantitative estimate of drug-likeness (QED) is 0.639. The van der Waals surface area contributed by atoms with Gasteiger partial charge in [0.05, 0.1) is 10.7 Å². The highest BCUT2D eigenvalue weighted by molar-refractivity contribution is 6.33. The SMILES string of the molecule is Cn1nccc1C(=O)c1ccc(N)c(Cl)c1. The van der Waals surface area contributed by atoms with Gasteiger partial charge in [0.15, 0.2) is 0 Å². The number of carbonyl (C=O) groups is 1. The van der Waals surface area contributed by atoms with Crippen LogP contribution in [0.2, 0.25) is 5.02 Å². The zero-order valence-electron chi connectivity index (χ0n) is 8.64. The van der Waals surface area contributed by atoms with E-state index in [1.54, 1.807) is 37.5 Å². The zero-order valence-corrected chi connectivity index (χ0v) is 9.40. The van der Waals surface area contributed by atoms with E-state index < -0.39 is 0 Å². The van der Waals surface area contributed by atoms with Crippen molar-refractivity contribution in [2.45, 2.75) is 0 Å². The second kappa shape index (κ2) is 3.98. The van der Waals surface area contributed by atoms with Crippen molar-refractivity contribution in [3.8, 4) is 0 Å². The lowest BCUT2D eigenvalue weighted by Gasteiger charge is -2.03. The summed E-state index contributed by atoms with van der Waals surface area (Å²) in [5.74, 6) is -0.123. The first-order valence-corrected chi connectivity index (χ1v) is 5.05. The van der Waals surface area contributed by atoms with Crippen molar-refractivity contribution < 1.29 is 4.79 Å². The van der Waals surface area contributed by atoms with Gasteiger partial charge in [0.25, 0.3) is 0 Å². The Kier molecular flexibility index (Phi) is 2.66. The van der Waals surface area contributed by atoms with E-state index in [0.29, 0.717) is 22.0 Å². The molecular weight excluding hydrogens is 226 g/mol. The van der Waals surface area contributed by atoms with Crippen molar-refractivity contribution in [3.63, 3.8) is 0 Å². The molecule has 0 atom stereocenters. The average Bonchev–Trinajstić information content (AvgIpc) is 2.67. The number of ketones is 1. The Bertz CT molecular complexity index is 548. The normalized spacial score (nSPS) is 10.4. The predicted octanol–water partition coefficient (Wildman–Crippen LogP) is 1.89. The number of hydrogen-bond acceptors (Lipinski definition) is 3. The van der Waals surface area contributed by atoms with Gasteiger partial charge in [0.2, 0.25) is 5.78 Å². The molecule has 0 aliphatic rings. The van der Waals surface area contributed by atoms with Crippen LogP contribution in [0.1, 0.15) is 16.1 Å². The number of nitrogen functional groups attached to an aromatic ring is 1. The number of carbonyl (C=O) groups excluding carboxylic acids is 1. The van der Waals surface area contributed by atoms with Gasteiger partial charge in [-0.15, -0.1) is 0 Å². The van der Waals surface area contributed by atoms with Crippen LogP contribution >= 0.6 is 11.6 Å². The number of aromatic nitrogens is 2. The van der Waals surface area contributed by atoms with Gasteiger partial charge in [-0.2, -0.15) is 5.10 Å². The first-order valence-electron chi connectivity index (χ1n) is 4.67. The molecular formula is C11H10ClN3O. The van der Waals surface area contributed by atoms with E-state index in [9.17, 15) is 4.79 Å². The maximum atomic E-state index is 12.0. The fourth-order valence-electron chi connectivity index (χ4n) is 1.41. The minimum absolute atomic E-state index is 0.123. The van der Waals surface area contributed by atoms with Crippen LogP contribution < -0.4 is 5.73 Å². The van der Waals surface area contributed by atoms with Crippen LogP contribution in [0.15, 0.2) is 30.5 Å². The van der Waals surface area contributed by atoms with Crippen LogP contribution in [0.4, 0.5) is 5.69 Å². The number of nitrogens with zero attached hydrogens (tertiary/aromatic N) is 2. The number of benzene rings is 1. The third kappa shape index (κ3) is 1.79. The molecule has 2 N–H and O–H groups in total. The number of hydrogen-bond donors (Lipinski definition) is 1. The summed E-state index contributed by atoms with van der Waals surface area (Å²) >= 11 is 5.86. The molecule has 0 saturated heterocycles. The van der Waals surface area contributed by atoms with Gasteiger partial charge in [-0.05, 0) is 24.3 Å². The van der Waals surface area contributed by atoms with E-state index in [4.69, 9.17) is 17.3 Å². The summed E-state index contributed by atoms with van der Waals surface area (Å²) < 4.78 is 1.52. The first kappa shape index (κ1) is 10.7. The smallest absolute Gasteiger partial charge is 0.211 e. The Morgan fingerprint density at radius 3 is 2.75 bits per heavy atom. The van der Waals surface area contributed by atoms with E-state index in [-0.39, 0.29) is 5.78 Å². The van der Waals surface area contributed by atoms with E-state index in [1.165, 1.54) is 4.68 Å². The zero-order chi connectivity index (χ0) is 11.7. The van der Waals surface area contributed by atoms with Gasteiger partial charge in [-0.1, -0.05) is 11.6 Å². The first-order chi connectivity index (χ1) is 7.59. The van der Waals surface area contributed by atoms with Gasteiger partial charge in [0.1, 0.15) is 5.69 Å². The summed E-state index contributed by atoms with van der Waals surface area (Å²) in [7, 11) is 1.71. The standard InChI is InChI=1S/C11H10ClN3O/c1-15-10(4-5-14-15)11(16)7-2-3-9(13)8(12)6-7/h2-6H,13H2,1H3. The summed E-state index contributed by atoms with van der Waals surface area (Å²) in [6.45, 7) is 0. The summed E-state index contributed by atoms with van der Waals surface area (Å²) in [5, 5.41) is 4.32. The number of rotatable bonds is 2. The number of halogens is 1. The van der Waals surface area contributed by atoms with Crippen molar-refractivity contribution in [3.05, 3.63) is 46.7 Å². The molecule has 82 valence electrons. The molecule has 4 nitrogen and oxygen atoms in total. The van der Waals surface area contributed by atoms with Crippen LogP contribution in [-0.4, -0.2) is 15.6 Å². The van der Waals surface area contributed by atoms with Gasteiger partial charge < -0.3 is 5.73 Å². The molecule has 0 spiro atoms. The summed E-state index contributed by atoms with van der Waals surface area (Å²) in [5.41, 5.74) is 7.06. The molecule has 0 aliphatic carbocycles. The maximum Gasteiger partial charge on any atom is 0.211 e. The summed E-state index contributed by atoms with van der Waals surface area (Å²) in [6.07, 6.45) is 1.58. The molecule has 0 unspecified atom stereocenters. The highest BCUT2D eigenvalue weighted by Crippen LogP contribution is 2.21. The highest BCUT2D eigenvalue weighted by atomic mass is 35.5. The fraction of sp³-hybridized carbons (Fsp3) is 0.0909. The highest BCUT2D eigenvalue weighted by Gasteiger charge is 2.13. The van der Waals surface area contributed by atoms with Gasteiger partial charge >= 0.3 is 0 Å². The Morgan fingerprint density at radius 2 is 2.19 bits per heavy atom.